The predicted octanol–water partition coefficient (Wildman–Crippen LogP) is 4.47. The Hall–Kier alpha value is -2.56. The topological polar surface area (TPSA) is 90.8 Å². The fourth-order valence-corrected chi connectivity index (χ4v) is 3.46. The molecule has 134 valence electrons. The van der Waals surface area contributed by atoms with Crippen molar-refractivity contribution in [3.05, 3.63) is 50.2 Å². The van der Waals surface area contributed by atoms with Crippen molar-refractivity contribution in [1.29, 1.82) is 5.26 Å². The lowest BCUT2D eigenvalue weighted by molar-refractivity contribution is 0.243. The Bertz CT molecular complexity index is 1050. The van der Waals surface area contributed by atoms with E-state index in [0.29, 0.717) is 31.9 Å². The number of thiazole rings is 1. The monoisotopic (exact) mass is 388 g/mol. The normalized spacial score (nSPS) is 12.2. The third-order valence-electron chi connectivity index (χ3n) is 3.71. The van der Waals surface area contributed by atoms with Crippen LogP contribution in [0.25, 0.3) is 10.9 Å². The average molecular weight is 389 g/mol. The Morgan fingerprint density at radius 2 is 2.12 bits per heavy atom. The van der Waals surface area contributed by atoms with Gasteiger partial charge in [-0.1, -0.05) is 22.9 Å². The summed E-state index contributed by atoms with van der Waals surface area (Å²) in [7, 11) is 0. The van der Waals surface area contributed by atoms with Crippen LogP contribution in [0.2, 0.25) is 5.02 Å². The SMILES string of the molecule is CC(C)Oc1cc2[nH]c(=O)c([C@H](C)Nc3ncc(C#N)s3)cc2cc1Cl. The third-order valence-corrected chi connectivity index (χ3v) is 4.84. The summed E-state index contributed by atoms with van der Waals surface area (Å²) in [5.41, 5.74) is 1.01. The number of ether oxygens (including phenoxy) is 1. The molecule has 1 atom stereocenters. The molecule has 0 saturated heterocycles. The molecule has 3 aromatic rings. The smallest absolute Gasteiger partial charge is 0.253 e. The molecule has 0 aliphatic heterocycles. The van der Waals surface area contributed by atoms with E-state index >= 15 is 0 Å². The van der Waals surface area contributed by atoms with E-state index in [1.165, 1.54) is 17.5 Å². The lowest BCUT2D eigenvalue weighted by Crippen LogP contribution is -2.19. The van der Waals surface area contributed by atoms with E-state index in [2.05, 4.69) is 15.3 Å². The van der Waals surface area contributed by atoms with Crippen molar-refractivity contribution in [1.82, 2.24) is 9.97 Å². The standard InChI is InChI=1S/C18H17ClN4O2S/c1-9(2)25-16-6-15-11(5-14(16)19)4-13(17(24)23-15)10(3)22-18-21-8-12(7-20)26-18/h4-6,8-10H,1-3H3,(H,21,22)(H,23,24)/t10-/m0/s1. The van der Waals surface area contributed by atoms with Crippen LogP contribution in [0.1, 0.15) is 37.3 Å². The van der Waals surface area contributed by atoms with E-state index in [0.717, 1.165) is 5.39 Å². The molecule has 0 fully saturated rings. The van der Waals surface area contributed by atoms with Gasteiger partial charge in [0.15, 0.2) is 5.13 Å². The quantitative estimate of drug-likeness (QED) is 0.672. The number of aromatic amines is 1. The molecular weight excluding hydrogens is 372 g/mol. The van der Waals surface area contributed by atoms with Gasteiger partial charge in [-0.3, -0.25) is 4.79 Å². The van der Waals surface area contributed by atoms with Gasteiger partial charge in [0.05, 0.1) is 28.9 Å². The van der Waals surface area contributed by atoms with Gasteiger partial charge in [-0.25, -0.2) is 4.98 Å². The average Bonchev–Trinajstić information content (AvgIpc) is 3.02. The summed E-state index contributed by atoms with van der Waals surface area (Å²) in [5, 5.41) is 13.9. The number of nitriles is 1. The zero-order valence-corrected chi connectivity index (χ0v) is 16.0. The fraction of sp³-hybridized carbons (Fsp3) is 0.278. The third kappa shape index (κ3) is 3.82. The van der Waals surface area contributed by atoms with Crippen molar-refractivity contribution in [3.8, 4) is 11.8 Å². The van der Waals surface area contributed by atoms with Gasteiger partial charge in [-0.2, -0.15) is 5.26 Å². The number of nitrogens with zero attached hydrogens (tertiary/aromatic N) is 2. The zero-order chi connectivity index (χ0) is 18.8. The Balaban J connectivity index is 1.95. The number of hydrogen-bond donors (Lipinski definition) is 2. The molecule has 6 nitrogen and oxygen atoms in total. The van der Waals surface area contributed by atoms with Crippen molar-refractivity contribution in [3.63, 3.8) is 0 Å². The van der Waals surface area contributed by atoms with Gasteiger partial charge in [0.25, 0.3) is 5.56 Å². The number of rotatable bonds is 5. The lowest BCUT2D eigenvalue weighted by atomic mass is 10.1. The molecule has 2 heterocycles. The van der Waals surface area contributed by atoms with Crippen LogP contribution in [0.5, 0.6) is 5.75 Å². The van der Waals surface area contributed by atoms with Crippen molar-refractivity contribution in [2.45, 2.75) is 32.9 Å². The van der Waals surface area contributed by atoms with Crippen LogP contribution >= 0.6 is 22.9 Å². The Kier molecular flexibility index (Phi) is 5.16. The van der Waals surface area contributed by atoms with Gasteiger partial charge in [-0.15, -0.1) is 0 Å². The summed E-state index contributed by atoms with van der Waals surface area (Å²) in [6, 6.07) is 7.07. The van der Waals surface area contributed by atoms with Gasteiger partial charge < -0.3 is 15.0 Å². The molecule has 0 spiro atoms. The van der Waals surface area contributed by atoms with Crippen LogP contribution in [0, 0.1) is 11.3 Å². The number of aromatic nitrogens is 2. The van der Waals surface area contributed by atoms with Gasteiger partial charge >= 0.3 is 0 Å². The predicted molar refractivity (Wildman–Crippen MR) is 104 cm³/mol. The van der Waals surface area contributed by atoms with Crippen molar-refractivity contribution < 1.29 is 4.74 Å². The van der Waals surface area contributed by atoms with E-state index in [4.69, 9.17) is 21.6 Å². The first kappa shape index (κ1) is 18.2. The maximum atomic E-state index is 12.5. The first-order valence-corrected chi connectivity index (χ1v) is 9.22. The number of H-pyrrole nitrogens is 1. The van der Waals surface area contributed by atoms with E-state index < -0.39 is 0 Å². The summed E-state index contributed by atoms with van der Waals surface area (Å²) in [5.74, 6) is 0.538. The summed E-state index contributed by atoms with van der Waals surface area (Å²) >= 11 is 7.54. The minimum atomic E-state index is -0.286. The van der Waals surface area contributed by atoms with Crippen LogP contribution < -0.4 is 15.6 Å². The van der Waals surface area contributed by atoms with Crippen LogP contribution in [-0.2, 0) is 0 Å². The molecule has 2 N–H and O–H groups in total. The van der Waals surface area contributed by atoms with Crippen molar-refractivity contribution >= 4 is 39.0 Å². The molecule has 0 unspecified atom stereocenters. The van der Waals surface area contributed by atoms with Gasteiger partial charge in [0.2, 0.25) is 0 Å². The van der Waals surface area contributed by atoms with Crippen LogP contribution in [0.4, 0.5) is 5.13 Å². The lowest BCUT2D eigenvalue weighted by Gasteiger charge is -2.15. The van der Waals surface area contributed by atoms with E-state index in [1.807, 2.05) is 26.8 Å². The molecular formula is C18H17ClN4O2S. The summed E-state index contributed by atoms with van der Waals surface area (Å²) in [4.78, 5) is 20.0. The number of pyridine rings is 1. The zero-order valence-electron chi connectivity index (χ0n) is 14.5. The fourth-order valence-electron chi connectivity index (χ4n) is 2.55. The maximum Gasteiger partial charge on any atom is 0.253 e. The minimum Gasteiger partial charge on any atom is -0.489 e. The van der Waals surface area contributed by atoms with E-state index in [1.54, 1.807) is 18.2 Å². The Morgan fingerprint density at radius 1 is 1.35 bits per heavy atom. The van der Waals surface area contributed by atoms with Crippen molar-refractivity contribution in [2.24, 2.45) is 0 Å². The molecule has 0 saturated carbocycles. The Morgan fingerprint density at radius 3 is 2.77 bits per heavy atom. The molecule has 8 heteroatoms. The molecule has 3 rings (SSSR count). The van der Waals surface area contributed by atoms with Gasteiger partial charge in [-0.05, 0) is 32.9 Å². The highest BCUT2D eigenvalue weighted by atomic mass is 35.5. The second-order valence-electron chi connectivity index (χ2n) is 6.10. The van der Waals surface area contributed by atoms with E-state index in [9.17, 15) is 4.79 Å². The summed E-state index contributed by atoms with van der Waals surface area (Å²) in [6.45, 7) is 5.69. The molecule has 0 bridgehead atoms. The first-order chi connectivity index (χ1) is 12.4. The number of halogens is 1. The molecule has 1 aromatic carbocycles. The van der Waals surface area contributed by atoms with Crippen LogP contribution in [-0.4, -0.2) is 16.1 Å². The first-order valence-electron chi connectivity index (χ1n) is 8.03. The van der Waals surface area contributed by atoms with Gasteiger partial charge in [0, 0.05) is 17.0 Å². The van der Waals surface area contributed by atoms with Crippen LogP contribution in [0.3, 0.4) is 0 Å². The number of nitrogens with one attached hydrogen (secondary N) is 2. The maximum absolute atomic E-state index is 12.5. The molecule has 0 radical (unpaired) electrons. The molecule has 0 aliphatic carbocycles. The van der Waals surface area contributed by atoms with Crippen molar-refractivity contribution in [2.75, 3.05) is 5.32 Å². The number of fused-ring (bicyclic) bond motifs is 1. The number of benzene rings is 1. The molecule has 0 aliphatic rings. The second-order valence-corrected chi connectivity index (χ2v) is 7.54. The highest BCUT2D eigenvalue weighted by Crippen LogP contribution is 2.31. The second kappa shape index (κ2) is 7.36. The summed E-state index contributed by atoms with van der Waals surface area (Å²) in [6.07, 6.45) is 1.48. The van der Waals surface area contributed by atoms with E-state index in [-0.39, 0.29) is 17.7 Å². The minimum absolute atomic E-state index is 0.0169. The highest BCUT2D eigenvalue weighted by Gasteiger charge is 2.15. The van der Waals surface area contributed by atoms with Gasteiger partial charge in [0.1, 0.15) is 16.7 Å². The molecule has 26 heavy (non-hydrogen) atoms. The largest absolute Gasteiger partial charge is 0.489 e. The van der Waals surface area contributed by atoms with Crippen LogP contribution in [0.15, 0.2) is 29.2 Å². The molecule has 2 aromatic heterocycles. The molecule has 0 amide bonds. The number of hydrogen-bond acceptors (Lipinski definition) is 6. The Labute approximate surface area is 159 Å². The highest BCUT2D eigenvalue weighted by molar-refractivity contribution is 7.16. The number of anilines is 1. The summed E-state index contributed by atoms with van der Waals surface area (Å²) < 4.78 is 5.66.